The summed E-state index contributed by atoms with van der Waals surface area (Å²) in [4.78, 5) is 4.14. The molecule has 0 fully saturated rings. The number of hydrogen-bond acceptors (Lipinski definition) is 4. The maximum atomic E-state index is 9.42. The number of nitriles is 1. The summed E-state index contributed by atoms with van der Waals surface area (Å²) in [6.45, 7) is 5.47. The molecule has 1 atom stereocenters. The highest BCUT2D eigenvalue weighted by atomic mass is 16.5. The van der Waals surface area contributed by atoms with E-state index in [9.17, 15) is 5.11 Å². The average molecular weight is 268 g/mol. The van der Waals surface area contributed by atoms with Crippen molar-refractivity contribution in [1.29, 1.82) is 5.26 Å². The smallest absolute Gasteiger partial charge is 0.145 e. The van der Waals surface area contributed by atoms with Gasteiger partial charge in [0.2, 0.25) is 0 Å². The lowest BCUT2D eigenvalue weighted by Gasteiger charge is -2.12. The zero-order valence-electron chi connectivity index (χ0n) is 11.7. The molecule has 0 aliphatic heterocycles. The van der Waals surface area contributed by atoms with E-state index in [1.54, 1.807) is 37.4 Å². The van der Waals surface area contributed by atoms with Gasteiger partial charge in [-0.05, 0) is 56.2 Å². The predicted molar refractivity (Wildman–Crippen MR) is 75.6 cm³/mol. The zero-order chi connectivity index (χ0) is 14.7. The van der Waals surface area contributed by atoms with Gasteiger partial charge in [-0.2, -0.15) is 5.26 Å². The van der Waals surface area contributed by atoms with Crippen LogP contribution in [0.3, 0.4) is 0 Å². The second-order valence-corrected chi connectivity index (χ2v) is 4.75. The molecule has 0 bridgehead atoms. The number of hydrogen-bond donors (Lipinski definition) is 1. The lowest BCUT2D eigenvalue weighted by atomic mass is 10.1. The van der Waals surface area contributed by atoms with Crippen LogP contribution in [0, 0.1) is 25.2 Å². The highest BCUT2D eigenvalue weighted by Gasteiger charge is 2.09. The van der Waals surface area contributed by atoms with Gasteiger partial charge < -0.3 is 9.84 Å². The molecule has 4 nitrogen and oxygen atoms in total. The molecule has 102 valence electrons. The van der Waals surface area contributed by atoms with Crippen LogP contribution in [0.1, 0.15) is 35.4 Å². The maximum absolute atomic E-state index is 9.42. The Hall–Kier alpha value is -2.38. The van der Waals surface area contributed by atoms with E-state index in [1.807, 2.05) is 13.8 Å². The van der Waals surface area contributed by atoms with Gasteiger partial charge in [-0.15, -0.1) is 0 Å². The van der Waals surface area contributed by atoms with Crippen molar-refractivity contribution in [2.45, 2.75) is 26.9 Å². The fourth-order valence-electron chi connectivity index (χ4n) is 1.99. The Morgan fingerprint density at radius 1 is 1.25 bits per heavy atom. The van der Waals surface area contributed by atoms with E-state index in [-0.39, 0.29) is 0 Å². The number of pyridine rings is 1. The first-order valence-electron chi connectivity index (χ1n) is 6.34. The standard InChI is InChI=1S/C16H16N2O2/c1-10-6-13(8-17)7-11(2)16(10)20-14-4-5-15(12(3)19)18-9-14/h4-7,9,12,19H,1-3H3/t12-/m1/s1. The molecular formula is C16H16N2O2. The number of aromatic nitrogens is 1. The normalized spacial score (nSPS) is 11.8. The minimum Gasteiger partial charge on any atom is -0.455 e. The first-order valence-corrected chi connectivity index (χ1v) is 6.34. The topological polar surface area (TPSA) is 66.1 Å². The molecule has 1 aromatic carbocycles. The number of aliphatic hydroxyl groups is 1. The summed E-state index contributed by atoms with van der Waals surface area (Å²) in [5, 5.41) is 18.3. The number of rotatable bonds is 3. The van der Waals surface area contributed by atoms with Crippen LogP contribution in [0.5, 0.6) is 11.5 Å². The van der Waals surface area contributed by atoms with Crippen LogP contribution in [-0.2, 0) is 0 Å². The van der Waals surface area contributed by atoms with Crippen molar-refractivity contribution < 1.29 is 9.84 Å². The van der Waals surface area contributed by atoms with E-state index in [4.69, 9.17) is 10.00 Å². The fourth-order valence-corrected chi connectivity index (χ4v) is 1.99. The van der Waals surface area contributed by atoms with Gasteiger partial charge >= 0.3 is 0 Å². The number of ether oxygens (including phenoxy) is 1. The largest absolute Gasteiger partial charge is 0.455 e. The van der Waals surface area contributed by atoms with Crippen molar-refractivity contribution in [2.24, 2.45) is 0 Å². The van der Waals surface area contributed by atoms with Crippen LogP contribution < -0.4 is 4.74 Å². The predicted octanol–water partition coefficient (Wildman–Crippen LogP) is 3.42. The molecule has 0 amide bonds. The van der Waals surface area contributed by atoms with Gasteiger partial charge in [0.25, 0.3) is 0 Å². The molecule has 1 N–H and O–H groups in total. The van der Waals surface area contributed by atoms with Gasteiger partial charge in [-0.1, -0.05) is 0 Å². The highest BCUT2D eigenvalue weighted by molar-refractivity contribution is 5.48. The quantitative estimate of drug-likeness (QED) is 0.926. The summed E-state index contributed by atoms with van der Waals surface area (Å²) < 4.78 is 5.82. The third-order valence-corrected chi connectivity index (χ3v) is 3.00. The van der Waals surface area contributed by atoms with Gasteiger partial charge in [0, 0.05) is 0 Å². The van der Waals surface area contributed by atoms with Crippen molar-refractivity contribution in [1.82, 2.24) is 4.98 Å². The average Bonchev–Trinajstić information content (AvgIpc) is 2.43. The van der Waals surface area contributed by atoms with Crippen molar-refractivity contribution in [3.8, 4) is 17.6 Å². The second-order valence-electron chi connectivity index (χ2n) is 4.75. The van der Waals surface area contributed by atoms with Crippen LogP contribution >= 0.6 is 0 Å². The molecule has 0 spiro atoms. The van der Waals surface area contributed by atoms with E-state index in [1.165, 1.54) is 0 Å². The van der Waals surface area contributed by atoms with Gasteiger partial charge in [0.15, 0.2) is 0 Å². The van der Waals surface area contributed by atoms with Crippen LogP contribution in [0.2, 0.25) is 0 Å². The molecule has 0 aliphatic carbocycles. The van der Waals surface area contributed by atoms with E-state index in [0.29, 0.717) is 17.0 Å². The van der Waals surface area contributed by atoms with Crippen LogP contribution in [-0.4, -0.2) is 10.1 Å². The molecule has 2 rings (SSSR count). The van der Waals surface area contributed by atoms with Crippen molar-refractivity contribution in [3.63, 3.8) is 0 Å². The number of aliphatic hydroxyl groups excluding tert-OH is 1. The lowest BCUT2D eigenvalue weighted by Crippen LogP contribution is -1.97. The Labute approximate surface area is 118 Å². The Morgan fingerprint density at radius 2 is 1.90 bits per heavy atom. The van der Waals surface area contributed by atoms with Crippen molar-refractivity contribution in [2.75, 3.05) is 0 Å². The molecule has 4 heteroatoms. The summed E-state index contributed by atoms with van der Waals surface area (Å²) in [7, 11) is 0. The van der Waals surface area contributed by atoms with Gasteiger partial charge in [0.05, 0.1) is 29.6 Å². The minimum absolute atomic E-state index is 0.595. The van der Waals surface area contributed by atoms with Crippen LogP contribution in [0.4, 0.5) is 0 Å². The first kappa shape index (κ1) is 14.0. The number of benzene rings is 1. The van der Waals surface area contributed by atoms with E-state index < -0.39 is 6.10 Å². The molecule has 0 saturated carbocycles. The molecule has 1 heterocycles. The monoisotopic (exact) mass is 268 g/mol. The summed E-state index contributed by atoms with van der Waals surface area (Å²) in [6, 6.07) is 9.21. The summed E-state index contributed by atoms with van der Waals surface area (Å²) in [6.07, 6.45) is 0.988. The van der Waals surface area contributed by atoms with Crippen molar-refractivity contribution >= 4 is 0 Å². The second kappa shape index (κ2) is 5.72. The molecular weight excluding hydrogens is 252 g/mol. The molecule has 0 saturated heterocycles. The lowest BCUT2D eigenvalue weighted by molar-refractivity contribution is 0.194. The molecule has 2 aromatic rings. The van der Waals surface area contributed by atoms with Crippen molar-refractivity contribution in [3.05, 3.63) is 52.8 Å². The Bertz CT molecular complexity index is 632. The van der Waals surface area contributed by atoms with Crippen LogP contribution in [0.25, 0.3) is 0 Å². The number of aryl methyl sites for hydroxylation is 2. The molecule has 1 aromatic heterocycles. The third kappa shape index (κ3) is 2.95. The van der Waals surface area contributed by atoms with Gasteiger partial charge in [-0.3, -0.25) is 4.98 Å². The minimum atomic E-state index is -0.595. The zero-order valence-corrected chi connectivity index (χ0v) is 11.7. The first-order chi connectivity index (χ1) is 9.51. The highest BCUT2D eigenvalue weighted by Crippen LogP contribution is 2.29. The molecule has 0 radical (unpaired) electrons. The molecule has 0 unspecified atom stereocenters. The number of nitrogens with zero attached hydrogens (tertiary/aromatic N) is 2. The Balaban J connectivity index is 2.28. The van der Waals surface area contributed by atoms with Crippen LogP contribution in [0.15, 0.2) is 30.5 Å². The third-order valence-electron chi connectivity index (χ3n) is 3.00. The fraction of sp³-hybridized carbons (Fsp3) is 0.250. The SMILES string of the molecule is Cc1cc(C#N)cc(C)c1Oc1ccc([C@@H](C)O)nc1. The van der Waals surface area contributed by atoms with E-state index >= 15 is 0 Å². The Morgan fingerprint density at radius 3 is 2.35 bits per heavy atom. The van der Waals surface area contributed by atoms with E-state index in [0.717, 1.165) is 16.9 Å². The maximum Gasteiger partial charge on any atom is 0.145 e. The summed E-state index contributed by atoms with van der Waals surface area (Å²) >= 11 is 0. The molecule has 20 heavy (non-hydrogen) atoms. The summed E-state index contributed by atoms with van der Waals surface area (Å²) in [5.74, 6) is 1.33. The van der Waals surface area contributed by atoms with Gasteiger partial charge in [0.1, 0.15) is 11.5 Å². The molecule has 0 aliphatic rings. The summed E-state index contributed by atoms with van der Waals surface area (Å²) in [5.41, 5.74) is 3.03. The van der Waals surface area contributed by atoms with E-state index in [2.05, 4.69) is 11.1 Å². The Kier molecular flexibility index (Phi) is 4.02. The van der Waals surface area contributed by atoms with Gasteiger partial charge in [-0.25, -0.2) is 0 Å².